The first-order chi connectivity index (χ1) is 26.4. The van der Waals surface area contributed by atoms with Gasteiger partial charge in [-0.2, -0.15) is 0 Å². The zero-order valence-electron chi connectivity index (χ0n) is 30.4. The number of esters is 2. The van der Waals surface area contributed by atoms with E-state index in [2.05, 4.69) is 104 Å². The van der Waals surface area contributed by atoms with Crippen molar-refractivity contribution >= 4 is 39.8 Å². The second kappa shape index (κ2) is 18.2. The van der Waals surface area contributed by atoms with Crippen LogP contribution in [0.5, 0.6) is 11.5 Å². The second-order valence-electron chi connectivity index (χ2n) is 12.5. The topological polar surface area (TPSA) is 74.3 Å². The fourth-order valence-electron chi connectivity index (χ4n) is 6.23. The molecule has 0 N–H and O–H groups in total. The van der Waals surface area contributed by atoms with E-state index in [4.69, 9.17) is 18.9 Å². The lowest BCUT2D eigenvalue weighted by molar-refractivity contribution is -0.138. The maximum Gasteiger partial charge on any atom is 0.330 e. The summed E-state index contributed by atoms with van der Waals surface area (Å²) < 4.78 is 22.0. The molecule has 0 fully saturated rings. The van der Waals surface area contributed by atoms with Crippen LogP contribution in [0, 0.1) is 6.92 Å². The van der Waals surface area contributed by atoms with Gasteiger partial charge in [-0.05, 0) is 106 Å². The Morgan fingerprint density at radius 1 is 0.537 bits per heavy atom. The minimum Gasteiger partial charge on any atom is -0.493 e. The number of anilines is 3. The van der Waals surface area contributed by atoms with Gasteiger partial charge in [-0.25, -0.2) is 9.59 Å². The van der Waals surface area contributed by atoms with E-state index in [-0.39, 0.29) is 13.2 Å². The SMILES string of the molecule is C=CC(=O)OCCCOc1ccc(N(c2ccc(OCCCOC(=O)C=C)cc2)c2ccc(C)c(-c3ccc(-c4ccccc4)c4ccccc34)c2)cc1. The average Bonchev–Trinajstić information content (AvgIpc) is 3.22. The largest absolute Gasteiger partial charge is 0.493 e. The predicted molar refractivity (Wildman–Crippen MR) is 217 cm³/mol. The van der Waals surface area contributed by atoms with Crippen LogP contribution in [-0.2, 0) is 19.1 Å². The summed E-state index contributed by atoms with van der Waals surface area (Å²) in [5.41, 5.74) is 8.73. The maximum atomic E-state index is 11.3. The third kappa shape index (κ3) is 9.24. The van der Waals surface area contributed by atoms with Gasteiger partial charge in [-0.1, -0.05) is 86.0 Å². The Morgan fingerprint density at radius 2 is 1.02 bits per heavy atom. The molecule has 0 bridgehead atoms. The van der Waals surface area contributed by atoms with Crippen LogP contribution in [0.4, 0.5) is 17.1 Å². The average molecular weight is 718 g/mol. The fraction of sp³-hybridized carbons (Fsp3) is 0.149. The lowest BCUT2D eigenvalue weighted by atomic mass is 9.90. The summed E-state index contributed by atoms with van der Waals surface area (Å²) in [6.45, 7) is 10.3. The molecule has 7 heteroatoms. The number of hydrogen-bond acceptors (Lipinski definition) is 7. The molecule has 7 nitrogen and oxygen atoms in total. The van der Waals surface area contributed by atoms with Crippen molar-refractivity contribution in [3.63, 3.8) is 0 Å². The first-order valence-electron chi connectivity index (χ1n) is 18.0. The van der Waals surface area contributed by atoms with Crippen LogP contribution in [0.15, 0.2) is 159 Å². The third-order valence-corrected chi connectivity index (χ3v) is 8.91. The third-order valence-electron chi connectivity index (χ3n) is 8.91. The summed E-state index contributed by atoms with van der Waals surface area (Å²) in [6.07, 6.45) is 3.43. The number of rotatable bonds is 17. The number of nitrogens with zero attached hydrogens (tertiary/aromatic N) is 1. The van der Waals surface area contributed by atoms with Crippen molar-refractivity contribution in [2.24, 2.45) is 0 Å². The lowest BCUT2D eigenvalue weighted by Crippen LogP contribution is -2.11. The van der Waals surface area contributed by atoms with E-state index in [1.165, 1.54) is 27.5 Å². The highest BCUT2D eigenvalue weighted by atomic mass is 16.5. The van der Waals surface area contributed by atoms with Crippen LogP contribution in [0.3, 0.4) is 0 Å². The van der Waals surface area contributed by atoms with Gasteiger partial charge in [0.1, 0.15) is 11.5 Å². The van der Waals surface area contributed by atoms with Gasteiger partial charge >= 0.3 is 11.9 Å². The first kappa shape index (κ1) is 37.2. The molecule has 0 saturated carbocycles. The van der Waals surface area contributed by atoms with Crippen LogP contribution in [-0.4, -0.2) is 38.4 Å². The van der Waals surface area contributed by atoms with Crippen LogP contribution in [0.25, 0.3) is 33.0 Å². The minimum absolute atomic E-state index is 0.263. The first-order valence-corrected chi connectivity index (χ1v) is 18.0. The Labute approximate surface area is 316 Å². The molecule has 0 amide bonds. The molecule has 0 aliphatic heterocycles. The molecular formula is C47H43NO6. The Kier molecular flexibility index (Phi) is 12.6. The lowest BCUT2D eigenvalue weighted by Gasteiger charge is -2.27. The van der Waals surface area contributed by atoms with Gasteiger partial charge in [-0.15, -0.1) is 0 Å². The monoisotopic (exact) mass is 717 g/mol. The van der Waals surface area contributed by atoms with E-state index in [0.29, 0.717) is 37.6 Å². The number of fused-ring (bicyclic) bond motifs is 1. The maximum absolute atomic E-state index is 11.3. The molecule has 6 rings (SSSR count). The van der Waals surface area contributed by atoms with Gasteiger partial charge in [0.15, 0.2) is 0 Å². The summed E-state index contributed by atoms with van der Waals surface area (Å²) in [6, 6.07) is 46.0. The molecule has 0 atom stereocenters. The van der Waals surface area contributed by atoms with Crippen molar-refractivity contribution in [1.82, 2.24) is 0 Å². The molecule has 0 radical (unpaired) electrons. The van der Waals surface area contributed by atoms with E-state index in [0.717, 1.165) is 40.3 Å². The molecule has 6 aromatic carbocycles. The predicted octanol–water partition coefficient (Wildman–Crippen LogP) is 10.9. The van der Waals surface area contributed by atoms with Gasteiger partial charge in [0.05, 0.1) is 26.4 Å². The number of carbonyl (C=O) groups is 2. The van der Waals surface area contributed by atoms with Crippen molar-refractivity contribution in [2.45, 2.75) is 19.8 Å². The Bertz CT molecular complexity index is 2140. The molecule has 6 aromatic rings. The summed E-state index contributed by atoms with van der Waals surface area (Å²) in [5.74, 6) is 0.543. The molecule has 0 aromatic heterocycles. The Balaban J connectivity index is 1.31. The highest BCUT2D eigenvalue weighted by Gasteiger charge is 2.17. The van der Waals surface area contributed by atoms with Gasteiger partial charge in [-0.3, -0.25) is 0 Å². The van der Waals surface area contributed by atoms with Crippen molar-refractivity contribution in [3.8, 4) is 33.8 Å². The standard InChI is InChI=1S/C47H43NO6/c1-4-46(49)53-31-11-29-51-39-23-19-36(20-24-39)48(37-21-25-40(26-22-37)52-30-12-32-54-47(50)5-2)38-18-17-34(3)45(33-38)44-28-27-41(35-13-7-6-8-14-35)42-15-9-10-16-43(42)44/h4-10,13-28,33H,1-2,11-12,29-32H2,3H3. The van der Waals surface area contributed by atoms with E-state index in [9.17, 15) is 9.59 Å². The highest BCUT2D eigenvalue weighted by Crippen LogP contribution is 2.41. The van der Waals surface area contributed by atoms with E-state index >= 15 is 0 Å². The van der Waals surface area contributed by atoms with Gasteiger partial charge in [0.25, 0.3) is 0 Å². The van der Waals surface area contributed by atoms with E-state index < -0.39 is 11.9 Å². The van der Waals surface area contributed by atoms with Gasteiger partial charge < -0.3 is 23.8 Å². The summed E-state index contributed by atoms with van der Waals surface area (Å²) in [4.78, 5) is 24.9. The van der Waals surface area contributed by atoms with Crippen molar-refractivity contribution in [1.29, 1.82) is 0 Å². The molecule has 54 heavy (non-hydrogen) atoms. The van der Waals surface area contributed by atoms with Crippen molar-refractivity contribution in [3.05, 3.63) is 164 Å². The number of hydrogen-bond donors (Lipinski definition) is 0. The molecule has 272 valence electrons. The number of benzene rings is 6. The van der Waals surface area contributed by atoms with Crippen molar-refractivity contribution in [2.75, 3.05) is 31.3 Å². The normalized spacial score (nSPS) is 10.7. The molecule has 0 unspecified atom stereocenters. The number of carbonyl (C=O) groups excluding carboxylic acids is 2. The molecule has 0 spiro atoms. The number of aryl methyl sites for hydroxylation is 1. The van der Waals surface area contributed by atoms with Crippen LogP contribution in [0.1, 0.15) is 18.4 Å². The summed E-state index contributed by atoms with van der Waals surface area (Å²) in [5, 5.41) is 2.39. The quantitative estimate of drug-likeness (QED) is 0.0528. The Morgan fingerprint density at radius 3 is 1.56 bits per heavy atom. The number of ether oxygens (including phenoxy) is 4. The zero-order chi connectivity index (χ0) is 37.7. The molecule has 0 aliphatic rings. The highest BCUT2D eigenvalue weighted by molar-refractivity contribution is 6.05. The van der Waals surface area contributed by atoms with Crippen LogP contribution < -0.4 is 14.4 Å². The molecule has 0 aliphatic carbocycles. The molecular weight excluding hydrogens is 675 g/mol. The van der Waals surface area contributed by atoms with E-state index in [1.807, 2.05) is 54.6 Å². The van der Waals surface area contributed by atoms with Gasteiger partial charge in [0, 0.05) is 42.1 Å². The fourth-order valence-corrected chi connectivity index (χ4v) is 6.23. The van der Waals surface area contributed by atoms with Crippen molar-refractivity contribution < 1.29 is 28.5 Å². The molecule has 0 heterocycles. The smallest absolute Gasteiger partial charge is 0.330 e. The second-order valence-corrected chi connectivity index (χ2v) is 12.5. The Hall–Kier alpha value is -6.60. The minimum atomic E-state index is -0.442. The zero-order valence-corrected chi connectivity index (χ0v) is 30.4. The summed E-state index contributed by atoms with van der Waals surface area (Å²) in [7, 11) is 0. The molecule has 0 saturated heterocycles. The van der Waals surface area contributed by atoms with Crippen LogP contribution >= 0.6 is 0 Å². The summed E-state index contributed by atoms with van der Waals surface area (Å²) >= 11 is 0. The van der Waals surface area contributed by atoms with E-state index in [1.54, 1.807) is 0 Å². The van der Waals surface area contributed by atoms with Gasteiger partial charge in [0.2, 0.25) is 0 Å². The van der Waals surface area contributed by atoms with Crippen LogP contribution in [0.2, 0.25) is 0 Å².